The van der Waals surface area contributed by atoms with Gasteiger partial charge in [-0.2, -0.15) is 0 Å². The molecule has 74 valence electrons. The van der Waals surface area contributed by atoms with Crippen molar-refractivity contribution in [3.8, 4) is 0 Å². The van der Waals surface area contributed by atoms with E-state index in [-0.39, 0.29) is 6.10 Å². The summed E-state index contributed by atoms with van der Waals surface area (Å²) in [5.41, 5.74) is 0. The summed E-state index contributed by atoms with van der Waals surface area (Å²) in [5, 5.41) is 0. The number of cyclic esters (lactones) is 1. The Morgan fingerprint density at radius 3 is 2.85 bits per heavy atom. The molecule has 0 saturated carbocycles. The second-order valence-electron chi connectivity index (χ2n) is 3.20. The highest BCUT2D eigenvalue weighted by atomic mass is 16.6. The second kappa shape index (κ2) is 4.25. The third kappa shape index (κ3) is 2.44. The topological polar surface area (TPSA) is 52.6 Å². The van der Waals surface area contributed by atoms with E-state index in [9.17, 15) is 9.59 Å². The van der Waals surface area contributed by atoms with Gasteiger partial charge >= 0.3 is 11.9 Å². The first-order valence-electron chi connectivity index (χ1n) is 4.52. The predicted octanol–water partition coefficient (Wildman–Crippen LogP) is 0.891. The molecule has 1 saturated heterocycles. The number of carbonyl (C=O) groups excluding carboxylic acids is 2. The van der Waals surface area contributed by atoms with Gasteiger partial charge in [0.15, 0.2) is 5.92 Å². The summed E-state index contributed by atoms with van der Waals surface area (Å²) in [6.07, 6.45) is 1.05. The predicted molar refractivity (Wildman–Crippen MR) is 44.9 cm³/mol. The minimum Gasteiger partial charge on any atom is -0.465 e. The van der Waals surface area contributed by atoms with Crippen LogP contribution in [0, 0.1) is 5.92 Å². The van der Waals surface area contributed by atoms with Gasteiger partial charge in [0.1, 0.15) is 6.10 Å². The minimum atomic E-state index is -0.693. The summed E-state index contributed by atoms with van der Waals surface area (Å²) < 4.78 is 9.69. The molecule has 1 aliphatic rings. The Balaban J connectivity index is 2.43. The van der Waals surface area contributed by atoms with Crippen LogP contribution in [-0.4, -0.2) is 24.6 Å². The van der Waals surface area contributed by atoms with Gasteiger partial charge < -0.3 is 9.47 Å². The van der Waals surface area contributed by atoms with Gasteiger partial charge in [0.25, 0.3) is 0 Å². The van der Waals surface area contributed by atoms with E-state index in [4.69, 9.17) is 9.47 Å². The van der Waals surface area contributed by atoms with Gasteiger partial charge in [0, 0.05) is 6.42 Å². The molecule has 1 heterocycles. The largest absolute Gasteiger partial charge is 0.465 e. The molecule has 4 nitrogen and oxygen atoms in total. The monoisotopic (exact) mass is 186 g/mol. The Labute approximate surface area is 77.2 Å². The Morgan fingerprint density at radius 2 is 2.38 bits per heavy atom. The van der Waals surface area contributed by atoms with E-state index < -0.39 is 17.9 Å². The van der Waals surface area contributed by atoms with E-state index in [0.29, 0.717) is 13.0 Å². The molecule has 0 aliphatic carbocycles. The average Bonchev–Trinajstić information content (AvgIpc) is 2.41. The van der Waals surface area contributed by atoms with Crippen molar-refractivity contribution < 1.29 is 19.1 Å². The highest BCUT2D eigenvalue weighted by Crippen LogP contribution is 2.21. The number of rotatable bonds is 3. The van der Waals surface area contributed by atoms with Gasteiger partial charge in [-0.3, -0.25) is 9.59 Å². The van der Waals surface area contributed by atoms with Crippen LogP contribution in [0.4, 0.5) is 0 Å². The first kappa shape index (κ1) is 10.0. The van der Waals surface area contributed by atoms with Crippen LogP contribution in [0.2, 0.25) is 0 Å². The Morgan fingerprint density at radius 1 is 1.69 bits per heavy atom. The van der Waals surface area contributed by atoms with Crippen molar-refractivity contribution in [1.82, 2.24) is 0 Å². The summed E-state index contributed by atoms with van der Waals surface area (Å²) in [4.78, 5) is 22.3. The third-order valence-corrected chi connectivity index (χ3v) is 1.90. The molecule has 0 amide bonds. The van der Waals surface area contributed by atoms with Gasteiger partial charge in [-0.05, 0) is 13.3 Å². The summed E-state index contributed by atoms with van der Waals surface area (Å²) >= 11 is 0. The fourth-order valence-corrected chi connectivity index (χ4v) is 1.25. The molecule has 4 heteroatoms. The quantitative estimate of drug-likeness (QED) is 0.485. The number of hydrogen-bond donors (Lipinski definition) is 0. The molecule has 1 fully saturated rings. The molecular weight excluding hydrogens is 172 g/mol. The normalized spacial score (nSPS) is 27.1. The van der Waals surface area contributed by atoms with Crippen LogP contribution in [0.5, 0.6) is 0 Å². The Kier molecular flexibility index (Phi) is 3.28. The molecule has 0 radical (unpaired) electrons. The summed E-state index contributed by atoms with van der Waals surface area (Å²) in [7, 11) is 0. The van der Waals surface area contributed by atoms with Crippen LogP contribution in [0.25, 0.3) is 0 Å². The molecule has 0 aromatic rings. The Hall–Kier alpha value is -1.06. The van der Waals surface area contributed by atoms with E-state index in [1.165, 1.54) is 0 Å². The molecule has 13 heavy (non-hydrogen) atoms. The van der Waals surface area contributed by atoms with Crippen molar-refractivity contribution >= 4 is 11.9 Å². The zero-order valence-electron chi connectivity index (χ0n) is 7.91. The lowest BCUT2D eigenvalue weighted by molar-refractivity contribution is -0.156. The first-order valence-corrected chi connectivity index (χ1v) is 4.52. The second-order valence-corrected chi connectivity index (χ2v) is 3.20. The van der Waals surface area contributed by atoms with Crippen molar-refractivity contribution in [1.29, 1.82) is 0 Å². The van der Waals surface area contributed by atoms with Crippen molar-refractivity contribution in [3.63, 3.8) is 0 Å². The van der Waals surface area contributed by atoms with Crippen molar-refractivity contribution in [2.75, 3.05) is 6.61 Å². The molecular formula is C9H14O4. The lowest BCUT2D eigenvalue weighted by atomic mass is 10.1. The molecule has 2 atom stereocenters. The van der Waals surface area contributed by atoms with Gasteiger partial charge in [-0.15, -0.1) is 0 Å². The van der Waals surface area contributed by atoms with Crippen molar-refractivity contribution in [2.24, 2.45) is 5.92 Å². The van der Waals surface area contributed by atoms with Crippen LogP contribution < -0.4 is 0 Å². The molecule has 2 unspecified atom stereocenters. The van der Waals surface area contributed by atoms with Crippen LogP contribution in [0.1, 0.15) is 26.7 Å². The molecule has 0 bridgehead atoms. The number of carbonyl (C=O) groups is 2. The maximum Gasteiger partial charge on any atom is 0.320 e. The maximum absolute atomic E-state index is 11.2. The van der Waals surface area contributed by atoms with Gasteiger partial charge in [-0.25, -0.2) is 0 Å². The van der Waals surface area contributed by atoms with Crippen LogP contribution in [0.15, 0.2) is 0 Å². The summed E-state index contributed by atoms with van der Waals surface area (Å²) in [6.45, 7) is 4.05. The van der Waals surface area contributed by atoms with Gasteiger partial charge in [-0.1, -0.05) is 6.92 Å². The molecule has 0 aromatic carbocycles. The third-order valence-electron chi connectivity index (χ3n) is 1.90. The highest BCUT2D eigenvalue weighted by Gasteiger charge is 2.38. The highest BCUT2D eigenvalue weighted by molar-refractivity contribution is 5.96. The zero-order chi connectivity index (χ0) is 9.84. The van der Waals surface area contributed by atoms with Crippen LogP contribution in [0.3, 0.4) is 0 Å². The zero-order valence-corrected chi connectivity index (χ0v) is 7.91. The standard InChI is InChI=1S/C9H14O4/c1-3-4-12-8(10)7-5-6(2)13-9(7)11/h6-7H,3-5H2,1-2H3. The number of esters is 2. The Bertz CT molecular complexity index is 212. The van der Waals surface area contributed by atoms with Gasteiger partial charge in [0.05, 0.1) is 6.61 Å². The molecule has 1 aliphatic heterocycles. The van der Waals surface area contributed by atoms with E-state index in [1.54, 1.807) is 6.92 Å². The molecule has 0 N–H and O–H groups in total. The molecule has 1 rings (SSSR count). The van der Waals surface area contributed by atoms with E-state index in [1.807, 2.05) is 6.92 Å². The van der Waals surface area contributed by atoms with Gasteiger partial charge in [0.2, 0.25) is 0 Å². The van der Waals surface area contributed by atoms with E-state index in [2.05, 4.69) is 0 Å². The minimum absolute atomic E-state index is 0.160. The lowest BCUT2D eigenvalue weighted by Crippen LogP contribution is -2.22. The smallest absolute Gasteiger partial charge is 0.320 e. The van der Waals surface area contributed by atoms with Crippen molar-refractivity contribution in [3.05, 3.63) is 0 Å². The van der Waals surface area contributed by atoms with Crippen LogP contribution in [-0.2, 0) is 19.1 Å². The lowest BCUT2D eigenvalue weighted by Gasteiger charge is -2.04. The summed E-state index contributed by atoms with van der Waals surface area (Å²) in [6, 6.07) is 0. The number of ether oxygens (including phenoxy) is 2. The van der Waals surface area contributed by atoms with Crippen molar-refractivity contribution in [2.45, 2.75) is 32.8 Å². The molecule has 0 aromatic heterocycles. The van der Waals surface area contributed by atoms with E-state index in [0.717, 1.165) is 6.42 Å². The SMILES string of the molecule is CCCOC(=O)C1CC(C)OC1=O. The summed E-state index contributed by atoms with van der Waals surface area (Å²) in [5.74, 6) is -1.59. The number of hydrogen-bond acceptors (Lipinski definition) is 4. The fourth-order valence-electron chi connectivity index (χ4n) is 1.25. The maximum atomic E-state index is 11.2. The first-order chi connectivity index (χ1) is 6.15. The van der Waals surface area contributed by atoms with E-state index >= 15 is 0 Å². The average molecular weight is 186 g/mol. The fraction of sp³-hybridized carbons (Fsp3) is 0.778. The molecule has 0 spiro atoms. The van der Waals surface area contributed by atoms with Crippen LogP contribution >= 0.6 is 0 Å².